The third kappa shape index (κ3) is 2.58. The third-order valence-electron chi connectivity index (χ3n) is 1.39. The van der Waals surface area contributed by atoms with Gasteiger partial charge in [-0.2, -0.15) is 0 Å². The molecule has 1 rings (SSSR count). The molecule has 15 heavy (non-hydrogen) atoms. The Morgan fingerprint density at radius 1 is 1.20 bits per heavy atom. The lowest BCUT2D eigenvalue weighted by atomic mass is 10.3. The van der Waals surface area contributed by atoms with Crippen LogP contribution in [0.2, 0.25) is 0 Å². The van der Waals surface area contributed by atoms with E-state index in [1.807, 2.05) is 0 Å². The standard InChI is InChI=1S/C7H3F4NO2S/c8-3-1-4(9)6(11)7(5(3)10)15-2-12(13)14/h1H,2H2. The molecule has 0 saturated heterocycles. The molecule has 0 atom stereocenters. The van der Waals surface area contributed by atoms with Crippen LogP contribution < -0.4 is 0 Å². The lowest BCUT2D eigenvalue weighted by Gasteiger charge is -2.03. The highest BCUT2D eigenvalue weighted by atomic mass is 32.2. The van der Waals surface area contributed by atoms with E-state index in [9.17, 15) is 27.7 Å². The maximum atomic E-state index is 12.9. The molecule has 0 saturated carbocycles. The number of hydrogen-bond donors (Lipinski definition) is 0. The molecule has 0 N–H and O–H groups in total. The Balaban J connectivity index is 3.09. The molecule has 0 aliphatic heterocycles. The second-order valence-corrected chi connectivity index (χ2v) is 3.36. The van der Waals surface area contributed by atoms with Crippen molar-refractivity contribution in [2.45, 2.75) is 4.90 Å². The Morgan fingerprint density at radius 2 is 1.67 bits per heavy atom. The van der Waals surface area contributed by atoms with E-state index in [1.54, 1.807) is 0 Å². The Bertz CT molecular complexity index is 386. The number of benzene rings is 1. The van der Waals surface area contributed by atoms with Gasteiger partial charge >= 0.3 is 0 Å². The van der Waals surface area contributed by atoms with Crippen LogP contribution in [0.3, 0.4) is 0 Å². The Kier molecular flexibility index (Phi) is 3.51. The number of thioether (sulfide) groups is 1. The molecule has 1 aromatic carbocycles. The summed E-state index contributed by atoms with van der Waals surface area (Å²) in [6, 6.07) is 0.0425. The van der Waals surface area contributed by atoms with Crippen molar-refractivity contribution >= 4 is 11.8 Å². The van der Waals surface area contributed by atoms with Crippen LogP contribution in [0.4, 0.5) is 17.6 Å². The van der Waals surface area contributed by atoms with Crippen LogP contribution in [0.15, 0.2) is 11.0 Å². The first-order valence-electron chi connectivity index (χ1n) is 3.51. The van der Waals surface area contributed by atoms with E-state index >= 15 is 0 Å². The molecule has 0 aliphatic rings. The maximum Gasteiger partial charge on any atom is 0.253 e. The van der Waals surface area contributed by atoms with Gasteiger partial charge < -0.3 is 0 Å². The molecule has 0 spiro atoms. The van der Waals surface area contributed by atoms with E-state index in [4.69, 9.17) is 0 Å². The van der Waals surface area contributed by atoms with E-state index in [0.717, 1.165) is 0 Å². The Morgan fingerprint density at radius 3 is 2.07 bits per heavy atom. The number of halogens is 4. The first-order chi connectivity index (χ1) is 6.93. The minimum absolute atomic E-state index is 0.0425. The average Bonchev–Trinajstić information content (AvgIpc) is 2.14. The van der Waals surface area contributed by atoms with Crippen LogP contribution in [0, 0.1) is 33.4 Å². The van der Waals surface area contributed by atoms with E-state index < -0.39 is 39.0 Å². The zero-order chi connectivity index (χ0) is 11.6. The minimum atomic E-state index is -1.62. The van der Waals surface area contributed by atoms with E-state index in [0.29, 0.717) is 0 Å². The number of hydrogen-bond acceptors (Lipinski definition) is 3. The highest BCUT2D eigenvalue weighted by Gasteiger charge is 2.20. The molecule has 0 heterocycles. The van der Waals surface area contributed by atoms with Gasteiger partial charge in [0.15, 0.2) is 23.3 Å². The van der Waals surface area contributed by atoms with Crippen molar-refractivity contribution in [2.24, 2.45) is 0 Å². The molecule has 1 aromatic rings. The molecule has 82 valence electrons. The van der Waals surface area contributed by atoms with Gasteiger partial charge in [-0.05, 0) is 11.8 Å². The van der Waals surface area contributed by atoms with Crippen molar-refractivity contribution in [2.75, 3.05) is 5.88 Å². The third-order valence-corrected chi connectivity index (χ3v) is 2.37. The predicted octanol–water partition coefficient (Wildman–Crippen LogP) is 2.57. The molecular weight excluding hydrogens is 238 g/mol. The highest BCUT2D eigenvalue weighted by molar-refractivity contribution is 7.99. The predicted molar refractivity (Wildman–Crippen MR) is 44.0 cm³/mol. The summed E-state index contributed by atoms with van der Waals surface area (Å²) in [4.78, 5) is 8.02. The van der Waals surface area contributed by atoms with Gasteiger partial charge in [0.05, 0.1) is 4.90 Å². The fraction of sp³-hybridized carbons (Fsp3) is 0.143. The number of nitrogens with zero attached hydrogens (tertiary/aromatic N) is 1. The fourth-order valence-electron chi connectivity index (χ4n) is 0.795. The van der Waals surface area contributed by atoms with Crippen molar-refractivity contribution in [3.05, 3.63) is 39.4 Å². The molecule has 0 amide bonds. The summed E-state index contributed by atoms with van der Waals surface area (Å²) in [5.41, 5.74) is 0. The molecule has 0 radical (unpaired) electrons. The van der Waals surface area contributed by atoms with Crippen LogP contribution in [-0.2, 0) is 0 Å². The molecule has 3 nitrogen and oxygen atoms in total. The van der Waals surface area contributed by atoms with E-state index in [1.165, 1.54) is 0 Å². The number of nitro groups is 1. The largest absolute Gasteiger partial charge is 0.264 e. The average molecular weight is 241 g/mol. The van der Waals surface area contributed by atoms with Crippen molar-refractivity contribution < 1.29 is 22.5 Å². The molecule has 8 heteroatoms. The fourth-order valence-corrected chi connectivity index (χ4v) is 1.48. The minimum Gasteiger partial charge on any atom is -0.264 e. The van der Waals surface area contributed by atoms with Gasteiger partial charge in [0.1, 0.15) is 0 Å². The van der Waals surface area contributed by atoms with Crippen LogP contribution in [0.1, 0.15) is 0 Å². The Hall–Kier alpha value is -1.31. The van der Waals surface area contributed by atoms with Gasteiger partial charge in [0.2, 0.25) is 0 Å². The van der Waals surface area contributed by atoms with Gasteiger partial charge in [-0.3, -0.25) is 10.1 Å². The van der Waals surface area contributed by atoms with Crippen molar-refractivity contribution in [1.82, 2.24) is 0 Å². The quantitative estimate of drug-likeness (QED) is 0.204. The van der Waals surface area contributed by atoms with Crippen molar-refractivity contribution in [1.29, 1.82) is 0 Å². The molecule has 0 aromatic heterocycles. The second-order valence-electron chi connectivity index (χ2n) is 2.40. The molecular formula is C7H3F4NO2S. The maximum absolute atomic E-state index is 12.9. The molecule has 0 unspecified atom stereocenters. The van der Waals surface area contributed by atoms with Gasteiger partial charge in [-0.1, -0.05) is 0 Å². The van der Waals surface area contributed by atoms with Gasteiger partial charge in [-0.25, -0.2) is 17.6 Å². The van der Waals surface area contributed by atoms with Gasteiger partial charge in [-0.15, -0.1) is 0 Å². The molecule has 0 bridgehead atoms. The highest BCUT2D eigenvalue weighted by Crippen LogP contribution is 2.28. The molecule has 0 fully saturated rings. The zero-order valence-corrected chi connectivity index (χ0v) is 7.78. The smallest absolute Gasteiger partial charge is 0.253 e. The van der Waals surface area contributed by atoms with Crippen LogP contribution in [-0.4, -0.2) is 10.8 Å². The summed E-state index contributed by atoms with van der Waals surface area (Å²) in [5.74, 6) is -7.29. The summed E-state index contributed by atoms with van der Waals surface area (Å²) in [5, 5.41) is 9.92. The van der Waals surface area contributed by atoms with E-state index in [-0.39, 0.29) is 17.8 Å². The second kappa shape index (κ2) is 4.47. The van der Waals surface area contributed by atoms with Gasteiger partial charge in [0, 0.05) is 11.0 Å². The first-order valence-corrected chi connectivity index (χ1v) is 4.49. The van der Waals surface area contributed by atoms with Crippen LogP contribution >= 0.6 is 11.8 Å². The summed E-state index contributed by atoms with van der Waals surface area (Å²) < 4.78 is 50.9. The Labute approximate surface area is 85.2 Å². The lowest BCUT2D eigenvalue weighted by molar-refractivity contribution is -0.456. The summed E-state index contributed by atoms with van der Waals surface area (Å²) in [6.45, 7) is 0. The SMILES string of the molecule is O=[N+]([O-])CSc1c(F)c(F)cc(F)c1F. The number of rotatable bonds is 3. The first kappa shape index (κ1) is 11.8. The monoisotopic (exact) mass is 241 g/mol. The summed E-state index contributed by atoms with van der Waals surface area (Å²) in [7, 11) is 0. The zero-order valence-electron chi connectivity index (χ0n) is 6.97. The van der Waals surface area contributed by atoms with Crippen molar-refractivity contribution in [3.63, 3.8) is 0 Å². The van der Waals surface area contributed by atoms with Crippen molar-refractivity contribution in [3.8, 4) is 0 Å². The lowest BCUT2D eigenvalue weighted by Crippen LogP contribution is -2.01. The molecule has 0 aliphatic carbocycles. The summed E-state index contributed by atoms with van der Waals surface area (Å²) >= 11 is 0.0810. The van der Waals surface area contributed by atoms with Gasteiger partial charge in [0.25, 0.3) is 5.88 Å². The van der Waals surface area contributed by atoms with Crippen LogP contribution in [0.25, 0.3) is 0 Å². The normalized spacial score (nSPS) is 10.4. The van der Waals surface area contributed by atoms with Crippen LogP contribution in [0.5, 0.6) is 0 Å². The van der Waals surface area contributed by atoms with E-state index in [2.05, 4.69) is 0 Å². The summed E-state index contributed by atoms with van der Waals surface area (Å²) in [6.07, 6.45) is 0. The topological polar surface area (TPSA) is 43.1 Å².